The fourth-order valence-electron chi connectivity index (χ4n) is 2.78. The summed E-state index contributed by atoms with van der Waals surface area (Å²) in [5.74, 6) is -0.194. The summed E-state index contributed by atoms with van der Waals surface area (Å²) in [5, 5.41) is 21.6. The summed E-state index contributed by atoms with van der Waals surface area (Å²) in [7, 11) is 0. The van der Waals surface area contributed by atoms with Crippen LogP contribution in [0.25, 0.3) is 11.2 Å². The van der Waals surface area contributed by atoms with Gasteiger partial charge in [0.2, 0.25) is 11.9 Å². The molecule has 1 saturated heterocycles. The number of aliphatic hydroxyl groups is 2. The van der Waals surface area contributed by atoms with Gasteiger partial charge >= 0.3 is 0 Å². The van der Waals surface area contributed by atoms with E-state index in [2.05, 4.69) is 20.3 Å². The molecule has 3 heterocycles. The number of H-pyrrole nitrogens is 1. The quantitative estimate of drug-likeness (QED) is 0.568. The first kappa shape index (κ1) is 17.5. The number of nitrogens with one attached hydrogen (secondary N) is 2. The van der Waals surface area contributed by atoms with Crippen LogP contribution in [0.15, 0.2) is 11.1 Å². The number of carbonyl (C=O) groups is 1. The van der Waals surface area contributed by atoms with Gasteiger partial charge in [0.1, 0.15) is 12.3 Å². The molecule has 2 aromatic rings. The Kier molecular flexibility index (Phi) is 5.11. The Bertz CT molecular complexity index is 816. The van der Waals surface area contributed by atoms with Crippen LogP contribution >= 0.6 is 0 Å². The number of hydrogen-bond acceptors (Lipinski definition) is 7. The summed E-state index contributed by atoms with van der Waals surface area (Å²) in [4.78, 5) is 34.8. The molecule has 1 aliphatic heterocycles. The Balaban J connectivity index is 1.89. The predicted molar refractivity (Wildman–Crippen MR) is 87.9 cm³/mol. The number of anilines is 1. The predicted octanol–water partition coefficient (Wildman–Crippen LogP) is -0.111. The zero-order valence-electron chi connectivity index (χ0n) is 13.8. The summed E-state index contributed by atoms with van der Waals surface area (Å²) in [5.41, 5.74) is -0.130. The molecule has 25 heavy (non-hydrogen) atoms. The average Bonchev–Trinajstić information content (AvgIpc) is 3.16. The van der Waals surface area contributed by atoms with E-state index in [4.69, 9.17) is 4.74 Å². The van der Waals surface area contributed by atoms with Gasteiger partial charge < -0.3 is 14.9 Å². The molecule has 0 unspecified atom stereocenters. The van der Waals surface area contributed by atoms with E-state index in [-0.39, 0.29) is 36.0 Å². The van der Waals surface area contributed by atoms with Crippen molar-refractivity contribution in [2.24, 2.45) is 0 Å². The van der Waals surface area contributed by atoms with Gasteiger partial charge in [0.15, 0.2) is 11.2 Å². The molecule has 0 bridgehead atoms. The lowest BCUT2D eigenvalue weighted by molar-refractivity contribution is -0.116. The van der Waals surface area contributed by atoms with Gasteiger partial charge in [0.25, 0.3) is 5.56 Å². The van der Waals surface area contributed by atoms with Crippen LogP contribution in [0.3, 0.4) is 0 Å². The number of rotatable bonds is 6. The third-order valence-electron chi connectivity index (χ3n) is 4.14. The van der Waals surface area contributed by atoms with Crippen molar-refractivity contribution in [2.75, 3.05) is 11.9 Å². The Morgan fingerprint density at radius 3 is 3.04 bits per heavy atom. The lowest BCUT2D eigenvalue weighted by atomic mass is 10.2. The first-order valence-electron chi connectivity index (χ1n) is 8.24. The lowest BCUT2D eigenvalue weighted by Gasteiger charge is -2.13. The standard InChI is InChI=1S/C15H21N5O5/c1-2-3-4-10(23)17-15-18-13-12(14(24)19-15)16-7-20(13)11-5-8(22)9(6-21)25-11/h7-9,11,21-22H,2-6H2,1H3,(H2,17,18,19,23,24)/t8-,9+,11+/m0/s1. The van der Waals surface area contributed by atoms with Gasteiger partial charge in [-0.1, -0.05) is 13.3 Å². The minimum absolute atomic E-state index is 0.0395. The van der Waals surface area contributed by atoms with Crippen molar-refractivity contribution >= 4 is 23.0 Å². The van der Waals surface area contributed by atoms with Crippen molar-refractivity contribution in [3.8, 4) is 0 Å². The summed E-state index contributed by atoms with van der Waals surface area (Å²) in [6.07, 6.45) is 1.49. The molecular weight excluding hydrogens is 330 g/mol. The minimum atomic E-state index is -0.817. The maximum absolute atomic E-state index is 12.2. The van der Waals surface area contributed by atoms with E-state index in [9.17, 15) is 19.8 Å². The first-order chi connectivity index (χ1) is 12.0. The molecule has 0 aromatic carbocycles. The van der Waals surface area contributed by atoms with E-state index in [1.165, 1.54) is 10.9 Å². The van der Waals surface area contributed by atoms with Crippen LogP contribution in [0, 0.1) is 0 Å². The second-order valence-electron chi connectivity index (χ2n) is 6.01. The Morgan fingerprint density at radius 1 is 1.56 bits per heavy atom. The van der Waals surface area contributed by atoms with Crippen LogP contribution in [0.4, 0.5) is 5.95 Å². The van der Waals surface area contributed by atoms with Gasteiger partial charge in [-0.25, -0.2) is 4.98 Å². The van der Waals surface area contributed by atoms with E-state index in [0.29, 0.717) is 6.42 Å². The highest BCUT2D eigenvalue weighted by atomic mass is 16.5. The highest BCUT2D eigenvalue weighted by molar-refractivity contribution is 5.89. The highest BCUT2D eigenvalue weighted by Crippen LogP contribution is 2.30. The Labute approximate surface area is 142 Å². The van der Waals surface area contributed by atoms with Gasteiger partial charge in [-0.15, -0.1) is 0 Å². The maximum atomic E-state index is 12.2. The van der Waals surface area contributed by atoms with Crippen molar-refractivity contribution in [3.63, 3.8) is 0 Å². The lowest BCUT2D eigenvalue weighted by Crippen LogP contribution is -2.24. The van der Waals surface area contributed by atoms with Crippen molar-refractivity contribution in [1.29, 1.82) is 0 Å². The number of fused-ring (bicyclic) bond motifs is 1. The number of ether oxygens (including phenoxy) is 1. The molecule has 1 aliphatic rings. The molecule has 4 N–H and O–H groups in total. The largest absolute Gasteiger partial charge is 0.394 e. The fourth-order valence-corrected chi connectivity index (χ4v) is 2.78. The molecule has 0 saturated carbocycles. The van der Waals surface area contributed by atoms with Crippen molar-refractivity contribution < 1.29 is 19.7 Å². The zero-order chi connectivity index (χ0) is 18.0. The SMILES string of the molecule is CCCCC(=O)Nc1nc2c(ncn2[C@H]2C[C@H](O)[C@@H](CO)O2)c(=O)[nH]1. The van der Waals surface area contributed by atoms with E-state index < -0.39 is 24.0 Å². The summed E-state index contributed by atoms with van der Waals surface area (Å²) in [6.45, 7) is 1.67. The second-order valence-corrected chi connectivity index (χ2v) is 6.01. The summed E-state index contributed by atoms with van der Waals surface area (Å²) < 4.78 is 7.09. The maximum Gasteiger partial charge on any atom is 0.280 e. The van der Waals surface area contributed by atoms with Crippen LogP contribution in [-0.4, -0.2) is 54.5 Å². The molecule has 0 radical (unpaired) electrons. The van der Waals surface area contributed by atoms with Crippen LogP contribution in [0.2, 0.25) is 0 Å². The minimum Gasteiger partial charge on any atom is -0.394 e. The van der Waals surface area contributed by atoms with Crippen LogP contribution < -0.4 is 10.9 Å². The summed E-state index contributed by atoms with van der Waals surface area (Å²) in [6, 6.07) is 0. The summed E-state index contributed by atoms with van der Waals surface area (Å²) >= 11 is 0. The number of aromatic amines is 1. The molecule has 1 amide bonds. The zero-order valence-corrected chi connectivity index (χ0v) is 13.8. The molecule has 3 rings (SSSR count). The number of nitrogens with zero attached hydrogens (tertiary/aromatic N) is 3. The van der Waals surface area contributed by atoms with E-state index in [0.717, 1.165) is 12.8 Å². The molecular formula is C15H21N5O5. The number of amides is 1. The average molecular weight is 351 g/mol. The molecule has 0 spiro atoms. The van der Waals surface area contributed by atoms with Gasteiger partial charge in [-0.3, -0.25) is 24.5 Å². The molecule has 0 aliphatic carbocycles. The van der Waals surface area contributed by atoms with Crippen molar-refractivity contribution in [3.05, 3.63) is 16.7 Å². The van der Waals surface area contributed by atoms with E-state index in [1.54, 1.807) is 0 Å². The Hall–Kier alpha value is -2.30. The number of carbonyl (C=O) groups excluding carboxylic acids is 1. The Morgan fingerprint density at radius 2 is 2.36 bits per heavy atom. The smallest absolute Gasteiger partial charge is 0.280 e. The fraction of sp³-hybridized carbons (Fsp3) is 0.600. The molecule has 3 atom stereocenters. The van der Waals surface area contributed by atoms with Crippen molar-refractivity contribution in [1.82, 2.24) is 19.5 Å². The number of aliphatic hydroxyl groups excluding tert-OH is 2. The van der Waals surface area contributed by atoms with Crippen molar-refractivity contribution in [2.45, 2.75) is 51.0 Å². The van der Waals surface area contributed by atoms with Gasteiger partial charge in [0.05, 0.1) is 19.0 Å². The third-order valence-corrected chi connectivity index (χ3v) is 4.14. The molecule has 1 fully saturated rings. The highest BCUT2D eigenvalue weighted by Gasteiger charge is 2.35. The normalized spacial score (nSPS) is 23.2. The first-order valence-corrected chi connectivity index (χ1v) is 8.24. The van der Waals surface area contributed by atoms with Gasteiger partial charge in [0, 0.05) is 12.8 Å². The number of unbranched alkanes of at least 4 members (excludes halogenated alkanes) is 1. The number of aromatic nitrogens is 4. The molecule has 10 nitrogen and oxygen atoms in total. The number of imidazole rings is 1. The topological polar surface area (TPSA) is 142 Å². The molecule has 136 valence electrons. The third kappa shape index (κ3) is 3.55. The van der Waals surface area contributed by atoms with E-state index >= 15 is 0 Å². The van der Waals surface area contributed by atoms with Gasteiger partial charge in [-0.2, -0.15) is 4.98 Å². The number of hydrogen-bond donors (Lipinski definition) is 4. The molecule has 2 aromatic heterocycles. The van der Waals surface area contributed by atoms with Crippen LogP contribution in [-0.2, 0) is 9.53 Å². The van der Waals surface area contributed by atoms with Gasteiger partial charge in [-0.05, 0) is 6.42 Å². The second kappa shape index (κ2) is 7.30. The van der Waals surface area contributed by atoms with Crippen LogP contribution in [0.5, 0.6) is 0 Å². The van der Waals surface area contributed by atoms with E-state index in [1.807, 2.05) is 6.92 Å². The monoisotopic (exact) mass is 351 g/mol. The van der Waals surface area contributed by atoms with Crippen LogP contribution in [0.1, 0.15) is 38.8 Å². The molecule has 10 heteroatoms.